The zero-order chi connectivity index (χ0) is 19.3. The van der Waals surface area contributed by atoms with Crippen LogP contribution in [0.5, 0.6) is 0 Å². The Morgan fingerprint density at radius 3 is 2.36 bits per heavy atom. The molecule has 28 heavy (non-hydrogen) atoms. The second-order valence-electron chi connectivity index (χ2n) is 6.25. The van der Waals surface area contributed by atoms with Gasteiger partial charge in [-0.05, 0) is 48.5 Å². The van der Waals surface area contributed by atoms with E-state index in [9.17, 15) is 4.79 Å². The third kappa shape index (κ3) is 3.61. The van der Waals surface area contributed by atoms with E-state index in [1.54, 1.807) is 11.0 Å². The van der Waals surface area contributed by atoms with Crippen molar-refractivity contribution >= 4 is 23.0 Å². The maximum atomic E-state index is 12.9. The average molecular weight is 369 g/mol. The highest BCUT2D eigenvalue weighted by Crippen LogP contribution is 2.27. The van der Waals surface area contributed by atoms with E-state index in [1.165, 1.54) is 6.33 Å². The number of para-hydroxylation sites is 2. The summed E-state index contributed by atoms with van der Waals surface area (Å²) in [5.41, 5.74) is 4.05. The van der Waals surface area contributed by atoms with Gasteiger partial charge < -0.3 is 10.2 Å². The molecule has 0 unspecified atom stereocenters. The predicted octanol–water partition coefficient (Wildman–Crippen LogP) is 4.29. The van der Waals surface area contributed by atoms with E-state index in [0.717, 1.165) is 17.1 Å². The molecule has 4 rings (SSSR count). The van der Waals surface area contributed by atoms with Crippen LogP contribution in [0.3, 0.4) is 0 Å². The van der Waals surface area contributed by atoms with E-state index >= 15 is 0 Å². The molecule has 3 aromatic carbocycles. The zero-order valence-corrected chi connectivity index (χ0v) is 15.4. The maximum Gasteiger partial charge on any atom is 0.257 e. The van der Waals surface area contributed by atoms with Crippen LogP contribution in [0.2, 0.25) is 0 Å². The first-order valence-electron chi connectivity index (χ1n) is 8.86. The summed E-state index contributed by atoms with van der Waals surface area (Å²) < 4.78 is 1.66. The fourth-order valence-corrected chi connectivity index (χ4v) is 2.99. The van der Waals surface area contributed by atoms with Gasteiger partial charge in [0.05, 0.1) is 16.9 Å². The van der Waals surface area contributed by atoms with Crippen molar-refractivity contribution in [3.05, 3.63) is 97.1 Å². The third-order valence-corrected chi connectivity index (χ3v) is 4.46. The van der Waals surface area contributed by atoms with Crippen molar-refractivity contribution in [1.82, 2.24) is 14.8 Å². The smallest absolute Gasteiger partial charge is 0.257 e. The minimum atomic E-state index is -0.160. The fraction of sp³-hybridized carbons (Fsp3) is 0.0455. The Labute approximate surface area is 163 Å². The first-order chi connectivity index (χ1) is 13.7. The van der Waals surface area contributed by atoms with Crippen LogP contribution < -0.4 is 10.2 Å². The molecule has 0 saturated heterocycles. The molecule has 0 aliphatic heterocycles. The summed E-state index contributed by atoms with van der Waals surface area (Å²) in [4.78, 5) is 18.9. The number of amides is 1. The lowest BCUT2D eigenvalue weighted by molar-refractivity contribution is 0.102. The molecular formula is C22H19N5O. The predicted molar refractivity (Wildman–Crippen MR) is 110 cm³/mol. The van der Waals surface area contributed by atoms with Crippen molar-refractivity contribution < 1.29 is 4.79 Å². The number of hydrogen-bond acceptors (Lipinski definition) is 4. The van der Waals surface area contributed by atoms with E-state index in [4.69, 9.17) is 0 Å². The van der Waals surface area contributed by atoms with Crippen LogP contribution in [0.15, 0.2) is 91.5 Å². The normalized spacial score (nSPS) is 10.5. The van der Waals surface area contributed by atoms with Crippen LogP contribution in [0.4, 0.5) is 17.1 Å². The van der Waals surface area contributed by atoms with Gasteiger partial charge in [-0.15, -0.1) is 0 Å². The number of anilines is 3. The average Bonchev–Trinajstić information content (AvgIpc) is 3.29. The Balaban J connectivity index is 1.56. The van der Waals surface area contributed by atoms with Crippen molar-refractivity contribution in [2.75, 3.05) is 17.3 Å². The second kappa shape index (κ2) is 7.75. The van der Waals surface area contributed by atoms with E-state index in [0.29, 0.717) is 11.3 Å². The molecule has 0 spiro atoms. The molecule has 138 valence electrons. The van der Waals surface area contributed by atoms with Crippen LogP contribution >= 0.6 is 0 Å². The molecule has 1 heterocycles. The number of carbonyl (C=O) groups is 1. The first kappa shape index (κ1) is 17.5. The topological polar surface area (TPSA) is 63.1 Å². The number of nitrogens with zero attached hydrogens (tertiary/aromatic N) is 4. The molecule has 1 aromatic heterocycles. The highest BCUT2D eigenvalue weighted by molar-refractivity contribution is 6.08. The van der Waals surface area contributed by atoms with Gasteiger partial charge in [0.1, 0.15) is 12.7 Å². The van der Waals surface area contributed by atoms with Gasteiger partial charge in [0, 0.05) is 18.4 Å². The van der Waals surface area contributed by atoms with E-state index in [2.05, 4.69) is 15.4 Å². The highest BCUT2D eigenvalue weighted by atomic mass is 16.1. The minimum Gasteiger partial charge on any atom is -0.344 e. The van der Waals surface area contributed by atoms with Gasteiger partial charge in [0.2, 0.25) is 0 Å². The summed E-state index contributed by atoms with van der Waals surface area (Å²) in [7, 11) is 1.95. The van der Waals surface area contributed by atoms with Gasteiger partial charge in [-0.3, -0.25) is 4.79 Å². The molecule has 0 fully saturated rings. The van der Waals surface area contributed by atoms with Crippen LogP contribution in [-0.4, -0.2) is 27.7 Å². The lowest BCUT2D eigenvalue weighted by atomic mass is 10.1. The summed E-state index contributed by atoms with van der Waals surface area (Å²) in [5.74, 6) is -0.160. The van der Waals surface area contributed by atoms with Gasteiger partial charge >= 0.3 is 0 Å². The molecule has 6 heteroatoms. The summed E-state index contributed by atoms with van der Waals surface area (Å²) >= 11 is 0. The Kier molecular flexibility index (Phi) is 4.84. The Morgan fingerprint density at radius 2 is 1.64 bits per heavy atom. The van der Waals surface area contributed by atoms with Crippen LogP contribution in [0, 0.1) is 0 Å². The summed E-state index contributed by atoms with van der Waals surface area (Å²) in [6.45, 7) is 0. The van der Waals surface area contributed by atoms with Crippen LogP contribution in [0.1, 0.15) is 10.4 Å². The summed E-state index contributed by atoms with van der Waals surface area (Å²) in [6.07, 6.45) is 3.11. The number of carbonyl (C=O) groups excluding carboxylic acids is 1. The molecule has 1 amide bonds. The molecule has 6 nitrogen and oxygen atoms in total. The second-order valence-corrected chi connectivity index (χ2v) is 6.25. The van der Waals surface area contributed by atoms with Gasteiger partial charge in [0.25, 0.3) is 5.91 Å². The van der Waals surface area contributed by atoms with Gasteiger partial charge in [-0.1, -0.05) is 30.3 Å². The Bertz CT molecular complexity index is 1060. The first-order valence-corrected chi connectivity index (χ1v) is 8.86. The highest BCUT2D eigenvalue weighted by Gasteiger charge is 2.15. The number of aromatic nitrogens is 3. The molecule has 0 radical (unpaired) electrons. The monoisotopic (exact) mass is 369 g/mol. The lowest BCUT2D eigenvalue weighted by Gasteiger charge is -2.22. The Hall–Kier alpha value is -3.93. The molecule has 1 N–H and O–H groups in total. The van der Waals surface area contributed by atoms with Crippen molar-refractivity contribution in [3.63, 3.8) is 0 Å². The minimum absolute atomic E-state index is 0.160. The quantitative estimate of drug-likeness (QED) is 0.570. The van der Waals surface area contributed by atoms with E-state index in [-0.39, 0.29) is 5.91 Å². The van der Waals surface area contributed by atoms with Gasteiger partial charge in [-0.2, -0.15) is 5.10 Å². The van der Waals surface area contributed by atoms with Crippen molar-refractivity contribution in [3.8, 4) is 5.69 Å². The van der Waals surface area contributed by atoms with Crippen molar-refractivity contribution in [1.29, 1.82) is 0 Å². The lowest BCUT2D eigenvalue weighted by Crippen LogP contribution is -2.18. The number of hydrogen-bond donors (Lipinski definition) is 1. The maximum absolute atomic E-state index is 12.9. The van der Waals surface area contributed by atoms with Crippen molar-refractivity contribution in [2.24, 2.45) is 0 Å². The number of rotatable bonds is 5. The van der Waals surface area contributed by atoms with Crippen LogP contribution in [-0.2, 0) is 0 Å². The molecule has 0 bridgehead atoms. The molecular weight excluding hydrogens is 350 g/mol. The van der Waals surface area contributed by atoms with E-state index < -0.39 is 0 Å². The van der Waals surface area contributed by atoms with Crippen LogP contribution in [0.25, 0.3) is 5.69 Å². The molecule has 0 aliphatic carbocycles. The summed E-state index contributed by atoms with van der Waals surface area (Å²) in [5, 5.41) is 7.06. The fourth-order valence-electron chi connectivity index (χ4n) is 2.99. The number of benzene rings is 3. The molecule has 0 aliphatic rings. The molecule has 4 aromatic rings. The largest absolute Gasteiger partial charge is 0.344 e. The summed E-state index contributed by atoms with van der Waals surface area (Å²) in [6, 6.07) is 25.0. The van der Waals surface area contributed by atoms with Gasteiger partial charge in [-0.25, -0.2) is 9.67 Å². The zero-order valence-electron chi connectivity index (χ0n) is 15.4. The third-order valence-electron chi connectivity index (χ3n) is 4.46. The standard InChI is InChI=1S/C22H19N5O/c1-26(18-7-3-2-4-8-18)21-10-6-5-9-20(21)22(28)25-17-11-13-19(14-12-17)27-16-23-15-24-27/h2-16H,1H3,(H,25,28). The van der Waals surface area contributed by atoms with E-state index in [1.807, 2.05) is 90.8 Å². The number of nitrogens with one attached hydrogen (secondary N) is 1. The molecule has 0 saturated carbocycles. The Morgan fingerprint density at radius 1 is 0.929 bits per heavy atom. The van der Waals surface area contributed by atoms with Crippen molar-refractivity contribution in [2.45, 2.75) is 0 Å². The van der Waals surface area contributed by atoms with Gasteiger partial charge in [0.15, 0.2) is 0 Å². The molecule has 0 atom stereocenters. The SMILES string of the molecule is CN(c1ccccc1)c1ccccc1C(=O)Nc1ccc(-n2cncn2)cc1.